The van der Waals surface area contributed by atoms with E-state index < -0.39 is 0 Å². The maximum atomic E-state index is 5.51. The molecule has 22 heavy (non-hydrogen) atoms. The van der Waals surface area contributed by atoms with Crippen LogP contribution in [0.5, 0.6) is 5.75 Å². The van der Waals surface area contributed by atoms with Crippen LogP contribution in [0.4, 0.5) is 5.69 Å². The van der Waals surface area contributed by atoms with Gasteiger partial charge in [0.15, 0.2) is 5.11 Å². The molecular formula is C18H22N2OS. The van der Waals surface area contributed by atoms with Gasteiger partial charge in [-0.15, -0.1) is 0 Å². The molecule has 2 aromatic carbocycles. The van der Waals surface area contributed by atoms with E-state index in [2.05, 4.69) is 41.4 Å². The van der Waals surface area contributed by atoms with E-state index in [1.165, 1.54) is 5.56 Å². The Morgan fingerprint density at radius 1 is 1.09 bits per heavy atom. The van der Waals surface area contributed by atoms with Crippen molar-refractivity contribution < 1.29 is 4.74 Å². The fourth-order valence-corrected chi connectivity index (χ4v) is 2.59. The molecule has 0 aliphatic rings. The predicted octanol–water partition coefficient (Wildman–Crippen LogP) is 3.64. The van der Waals surface area contributed by atoms with Crippen LogP contribution in [0.1, 0.15) is 12.5 Å². The average molecular weight is 314 g/mol. The Balaban J connectivity index is 1.86. The van der Waals surface area contributed by atoms with Gasteiger partial charge in [0.1, 0.15) is 5.75 Å². The Morgan fingerprint density at radius 2 is 1.77 bits per heavy atom. The van der Waals surface area contributed by atoms with Crippen LogP contribution in [0.3, 0.4) is 0 Å². The van der Waals surface area contributed by atoms with Gasteiger partial charge in [0.2, 0.25) is 0 Å². The number of nitrogens with one attached hydrogen (secondary N) is 1. The first-order valence-corrected chi connectivity index (χ1v) is 7.88. The lowest BCUT2D eigenvalue weighted by Gasteiger charge is -2.24. The lowest BCUT2D eigenvalue weighted by Crippen LogP contribution is -2.40. The Bertz CT molecular complexity index is 584. The highest BCUT2D eigenvalue weighted by Gasteiger charge is 2.08. The topological polar surface area (TPSA) is 24.5 Å². The van der Waals surface area contributed by atoms with Gasteiger partial charge in [-0.05, 0) is 55.4 Å². The smallest absolute Gasteiger partial charge is 0.173 e. The van der Waals surface area contributed by atoms with Crippen molar-refractivity contribution in [2.75, 3.05) is 25.1 Å². The summed E-state index contributed by atoms with van der Waals surface area (Å²) in [6.07, 6.45) is 0.927. The molecule has 0 fully saturated rings. The summed E-state index contributed by atoms with van der Waals surface area (Å²) in [4.78, 5) is 2.10. The molecule has 0 aromatic heterocycles. The van der Waals surface area contributed by atoms with E-state index in [4.69, 9.17) is 17.0 Å². The summed E-state index contributed by atoms with van der Waals surface area (Å²) in [5, 5.41) is 4.10. The van der Waals surface area contributed by atoms with Crippen molar-refractivity contribution in [3.05, 3.63) is 60.2 Å². The molecule has 0 unspecified atom stereocenters. The van der Waals surface area contributed by atoms with Crippen molar-refractivity contribution in [3.8, 4) is 5.75 Å². The normalized spacial score (nSPS) is 10.1. The summed E-state index contributed by atoms with van der Waals surface area (Å²) in [5.41, 5.74) is 2.38. The number of methoxy groups -OCH3 is 1. The van der Waals surface area contributed by atoms with Crippen LogP contribution in [0.25, 0.3) is 0 Å². The third kappa shape index (κ3) is 4.46. The fourth-order valence-electron chi connectivity index (χ4n) is 2.25. The minimum absolute atomic E-state index is 0.766. The van der Waals surface area contributed by atoms with Crippen LogP contribution >= 0.6 is 12.2 Å². The Kier molecular flexibility index (Phi) is 6.22. The average Bonchev–Trinajstić information content (AvgIpc) is 2.57. The summed E-state index contributed by atoms with van der Waals surface area (Å²) < 4.78 is 5.16. The van der Waals surface area contributed by atoms with E-state index in [1.807, 2.05) is 30.3 Å². The van der Waals surface area contributed by atoms with Crippen LogP contribution in [0.15, 0.2) is 54.6 Å². The number of rotatable bonds is 6. The third-order valence-electron chi connectivity index (χ3n) is 3.48. The van der Waals surface area contributed by atoms with Crippen molar-refractivity contribution in [1.29, 1.82) is 0 Å². The Morgan fingerprint density at radius 3 is 2.36 bits per heavy atom. The minimum atomic E-state index is 0.766. The number of hydrogen-bond acceptors (Lipinski definition) is 2. The van der Waals surface area contributed by atoms with Crippen LogP contribution in [-0.4, -0.2) is 25.3 Å². The van der Waals surface area contributed by atoms with Gasteiger partial charge in [0.05, 0.1) is 7.11 Å². The van der Waals surface area contributed by atoms with Crippen molar-refractivity contribution in [2.45, 2.75) is 13.3 Å². The number of hydrogen-bond donors (Lipinski definition) is 1. The minimum Gasteiger partial charge on any atom is -0.497 e. The van der Waals surface area contributed by atoms with E-state index in [0.717, 1.165) is 36.1 Å². The lowest BCUT2D eigenvalue weighted by molar-refractivity contribution is 0.414. The lowest BCUT2D eigenvalue weighted by atomic mass is 10.1. The zero-order chi connectivity index (χ0) is 15.8. The molecule has 0 atom stereocenters. The predicted molar refractivity (Wildman–Crippen MR) is 96.8 cm³/mol. The first-order valence-electron chi connectivity index (χ1n) is 7.48. The quantitative estimate of drug-likeness (QED) is 0.823. The van der Waals surface area contributed by atoms with Crippen molar-refractivity contribution in [3.63, 3.8) is 0 Å². The number of para-hydroxylation sites is 1. The summed E-state index contributed by atoms with van der Waals surface area (Å²) in [6, 6.07) is 18.3. The molecule has 116 valence electrons. The van der Waals surface area contributed by atoms with E-state index in [1.54, 1.807) is 7.11 Å². The maximum absolute atomic E-state index is 5.51. The van der Waals surface area contributed by atoms with Gasteiger partial charge in [-0.1, -0.05) is 30.3 Å². The molecule has 0 radical (unpaired) electrons. The number of anilines is 1. The second-order valence-corrected chi connectivity index (χ2v) is 5.30. The third-order valence-corrected chi connectivity index (χ3v) is 3.84. The number of nitrogens with zero attached hydrogens (tertiary/aromatic N) is 1. The van der Waals surface area contributed by atoms with Crippen LogP contribution in [-0.2, 0) is 6.42 Å². The number of benzene rings is 2. The standard InChI is InChI=1S/C18H22N2OS/c1-3-20(16-7-5-4-6-8-16)18(22)19-14-13-15-9-11-17(21-2)12-10-15/h4-12H,3,13-14H2,1-2H3,(H,19,22). The Hall–Kier alpha value is -2.07. The van der Waals surface area contributed by atoms with Gasteiger partial charge in [-0.3, -0.25) is 0 Å². The van der Waals surface area contributed by atoms with E-state index in [0.29, 0.717) is 0 Å². The van der Waals surface area contributed by atoms with Crippen LogP contribution < -0.4 is 15.0 Å². The van der Waals surface area contributed by atoms with Crippen LogP contribution in [0, 0.1) is 0 Å². The fraction of sp³-hybridized carbons (Fsp3) is 0.278. The largest absolute Gasteiger partial charge is 0.497 e. The molecule has 0 spiro atoms. The monoisotopic (exact) mass is 314 g/mol. The van der Waals surface area contributed by atoms with E-state index >= 15 is 0 Å². The maximum Gasteiger partial charge on any atom is 0.173 e. The molecule has 2 rings (SSSR count). The highest BCUT2D eigenvalue weighted by atomic mass is 32.1. The van der Waals surface area contributed by atoms with Crippen molar-refractivity contribution >= 4 is 23.0 Å². The summed E-state index contributed by atoms with van der Waals surface area (Å²) in [7, 11) is 1.68. The second kappa shape index (κ2) is 8.39. The summed E-state index contributed by atoms with van der Waals surface area (Å²) in [6.45, 7) is 3.76. The van der Waals surface area contributed by atoms with Gasteiger partial charge in [-0.2, -0.15) is 0 Å². The van der Waals surface area contributed by atoms with Gasteiger partial charge >= 0.3 is 0 Å². The molecule has 0 amide bonds. The summed E-state index contributed by atoms with van der Waals surface area (Å²) >= 11 is 5.51. The van der Waals surface area contributed by atoms with E-state index in [-0.39, 0.29) is 0 Å². The molecule has 4 heteroatoms. The van der Waals surface area contributed by atoms with Gasteiger partial charge in [-0.25, -0.2) is 0 Å². The first kappa shape index (κ1) is 16.3. The Labute approximate surface area is 137 Å². The molecule has 0 aliphatic carbocycles. The summed E-state index contributed by atoms with van der Waals surface area (Å²) in [5.74, 6) is 0.883. The molecule has 3 nitrogen and oxygen atoms in total. The highest BCUT2D eigenvalue weighted by molar-refractivity contribution is 7.80. The molecule has 0 bridgehead atoms. The van der Waals surface area contributed by atoms with Gasteiger partial charge in [0.25, 0.3) is 0 Å². The second-order valence-electron chi connectivity index (χ2n) is 4.91. The van der Waals surface area contributed by atoms with Crippen molar-refractivity contribution in [2.24, 2.45) is 0 Å². The number of thiocarbonyl (C=S) groups is 1. The molecule has 0 heterocycles. The van der Waals surface area contributed by atoms with Gasteiger partial charge < -0.3 is 15.0 Å². The SMILES string of the molecule is CCN(C(=S)NCCc1ccc(OC)cc1)c1ccccc1. The van der Waals surface area contributed by atoms with Crippen LogP contribution in [0.2, 0.25) is 0 Å². The van der Waals surface area contributed by atoms with Crippen molar-refractivity contribution in [1.82, 2.24) is 5.32 Å². The molecule has 0 aliphatic heterocycles. The van der Waals surface area contributed by atoms with Gasteiger partial charge in [0, 0.05) is 18.8 Å². The number of ether oxygens (including phenoxy) is 1. The highest BCUT2D eigenvalue weighted by Crippen LogP contribution is 2.13. The molecule has 1 N–H and O–H groups in total. The van der Waals surface area contributed by atoms with E-state index in [9.17, 15) is 0 Å². The zero-order valence-corrected chi connectivity index (χ0v) is 13.9. The molecular weight excluding hydrogens is 292 g/mol. The molecule has 2 aromatic rings. The molecule has 0 saturated carbocycles. The zero-order valence-electron chi connectivity index (χ0n) is 13.1. The first-order chi connectivity index (χ1) is 10.7. The molecule has 0 saturated heterocycles.